The molecule has 1 heterocycles. The number of amides is 2. The Morgan fingerprint density at radius 1 is 0.970 bits per heavy atom. The van der Waals surface area contributed by atoms with Crippen molar-refractivity contribution >= 4 is 34.2 Å². The highest BCUT2D eigenvalue weighted by molar-refractivity contribution is 6.07. The molecule has 1 aliphatic heterocycles. The fourth-order valence-electron chi connectivity index (χ4n) is 3.96. The number of carbonyl (C=O) groups excluding carboxylic acids is 3. The van der Waals surface area contributed by atoms with Crippen LogP contribution in [0.5, 0.6) is 0 Å². The Morgan fingerprint density at radius 2 is 1.67 bits per heavy atom. The van der Waals surface area contributed by atoms with Crippen LogP contribution in [0.15, 0.2) is 72.8 Å². The number of anilines is 1. The Balaban J connectivity index is 1.50. The number of nitrogens with zero attached hydrogens (tertiary/aromatic N) is 1. The second-order valence-electron chi connectivity index (χ2n) is 7.95. The van der Waals surface area contributed by atoms with Crippen LogP contribution < -0.4 is 15.5 Å². The minimum atomic E-state index is -0.778. The van der Waals surface area contributed by atoms with Gasteiger partial charge in [-0.2, -0.15) is 0 Å². The van der Waals surface area contributed by atoms with Crippen molar-refractivity contribution < 1.29 is 19.1 Å². The van der Waals surface area contributed by atoms with E-state index in [1.807, 2.05) is 48.5 Å². The zero-order valence-electron chi connectivity index (χ0n) is 18.7. The molecule has 0 bridgehead atoms. The average Bonchev–Trinajstić information content (AvgIpc) is 3.64. The molecule has 3 atom stereocenters. The van der Waals surface area contributed by atoms with E-state index in [0.717, 1.165) is 16.3 Å². The van der Waals surface area contributed by atoms with Gasteiger partial charge in [0, 0.05) is 12.2 Å². The van der Waals surface area contributed by atoms with E-state index in [1.165, 1.54) is 4.90 Å². The van der Waals surface area contributed by atoms with Crippen molar-refractivity contribution in [3.8, 4) is 0 Å². The van der Waals surface area contributed by atoms with Crippen molar-refractivity contribution in [1.82, 2.24) is 10.6 Å². The predicted octanol–water partition coefficient (Wildman–Crippen LogP) is 2.78. The van der Waals surface area contributed by atoms with E-state index in [-0.39, 0.29) is 18.4 Å². The summed E-state index contributed by atoms with van der Waals surface area (Å²) in [5.41, 5.74) is 1.59. The highest BCUT2D eigenvalue weighted by Gasteiger charge is 2.51. The lowest BCUT2D eigenvalue weighted by Gasteiger charge is -2.28. The highest BCUT2D eigenvalue weighted by atomic mass is 16.5. The van der Waals surface area contributed by atoms with Gasteiger partial charge in [0.15, 0.2) is 0 Å². The molecule has 0 aliphatic carbocycles. The highest BCUT2D eigenvalue weighted by Crippen LogP contribution is 2.24. The van der Waals surface area contributed by atoms with Crippen LogP contribution in [0.4, 0.5) is 5.69 Å². The van der Waals surface area contributed by atoms with Crippen LogP contribution >= 0.6 is 0 Å². The van der Waals surface area contributed by atoms with Gasteiger partial charge in [0.1, 0.15) is 18.1 Å². The number of carbonyl (C=O) groups is 3. The Morgan fingerprint density at radius 3 is 2.42 bits per heavy atom. The molecule has 170 valence electrons. The lowest BCUT2D eigenvalue weighted by atomic mass is 10.0. The van der Waals surface area contributed by atoms with Crippen molar-refractivity contribution in [2.24, 2.45) is 0 Å². The number of hydrogen-bond acceptors (Lipinski definition) is 5. The molecule has 0 saturated carbocycles. The molecule has 3 aromatic rings. The maximum Gasteiger partial charge on any atom is 0.325 e. The van der Waals surface area contributed by atoms with Crippen LogP contribution in [0.2, 0.25) is 0 Å². The van der Waals surface area contributed by atoms with E-state index in [0.29, 0.717) is 12.2 Å². The number of rotatable bonds is 8. The van der Waals surface area contributed by atoms with E-state index >= 15 is 0 Å². The lowest BCUT2D eigenvalue weighted by molar-refractivity contribution is -0.143. The maximum absolute atomic E-state index is 13.3. The topological polar surface area (TPSA) is 97.7 Å². The van der Waals surface area contributed by atoms with E-state index in [9.17, 15) is 14.4 Å². The molecule has 2 N–H and O–H groups in total. The molecule has 2 amide bonds. The largest absolute Gasteiger partial charge is 0.465 e. The number of ether oxygens (including phenoxy) is 1. The Kier molecular flexibility index (Phi) is 6.70. The van der Waals surface area contributed by atoms with Crippen molar-refractivity contribution in [3.05, 3.63) is 78.4 Å². The number of esters is 1. The minimum absolute atomic E-state index is 0.243. The number of benzene rings is 3. The van der Waals surface area contributed by atoms with Crippen LogP contribution in [0.1, 0.15) is 19.4 Å². The van der Waals surface area contributed by atoms with Crippen molar-refractivity contribution in [2.75, 3.05) is 11.5 Å². The van der Waals surface area contributed by atoms with E-state index in [4.69, 9.17) is 4.74 Å². The molecule has 0 spiro atoms. The first-order valence-electron chi connectivity index (χ1n) is 11.1. The summed E-state index contributed by atoms with van der Waals surface area (Å²) in [6.07, 6.45) is 0. The van der Waals surface area contributed by atoms with E-state index in [2.05, 4.69) is 10.6 Å². The van der Waals surface area contributed by atoms with Gasteiger partial charge in [-0.15, -0.1) is 0 Å². The average molecular weight is 446 g/mol. The van der Waals surface area contributed by atoms with Crippen molar-refractivity contribution in [2.45, 2.75) is 38.5 Å². The predicted molar refractivity (Wildman–Crippen MR) is 127 cm³/mol. The summed E-state index contributed by atoms with van der Waals surface area (Å²) in [6, 6.07) is 20.8. The molecular weight excluding hydrogens is 418 g/mol. The molecule has 0 unspecified atom stereocenters. The van der Waals surface area contributed by atoms with Crippen LogP contribution in [0.25, 0.3) is 10.8 Å². The number of fused-ring (bicyclic) bond motifs is 1. The fourth-order valence-corrected chi connectivity index (χ4v) is 3.96. The summed E-state index contributed by atoms with van der Waals surface area (Å²) < 4.78 is 5.01. The van der Waals surface area contributed by atoms with Gasteiger partial charge >= 0.3 is 5.97 Å². The van der Waals surface area contributed by atoms with E-state index in [1.54, 1.807) is 38.1 Å². The third-order valence-corrected chi connectivity index (χ3v) is 5.76. The third-order valence-electron chi connectivity index (χ3n) is 5.76. The van der Waals surface area contributed by atoms with Crippen LogP contribution in [-0.4, -0.2) is 42.5 Å². The summed E-state index contributed by atoms with van der Waals surface area (Å²) in [5.74, 6) is -1.09. The molecule has 1 fully saturated rings. The second kappa shape index (κ2) is 9.83. The zero-order chi connectivity index (χ0) is 23.4. The summed E-state index contributed by atoms with van der Waals surface area (Å²) in [5, 5.41) is 8.02. The summed E-state index contributed by atoms with van der Waals surface area (Å²) in [6.45, 7) is 3.99. The van der Waals surface area contributed by atoms with Gasteiger partial charge < -0.3 is 10.1 Å². The Hall–Kier alpha value is -3.71. The molecule has 3 aromatic carbocycles. The SMILES string of the molecule is CCOC(=O)[C@@H]1N[C@H]1C(=O)N(c1ccccc1)[C@@H](C)C(=O)NCc1cccc2ccccc12. The number of hydrogen-bond donors (Lipinski definition) is 2. The van der Waals surface area contributed by atoms with Gasteiger partial charge in [0.05, 0.1) is 6.61 Å². The Labute approximate surface area is 192 Å². The number of para-hydroxylation sites is 1. The third kappa shape index (κ3) is 4.88. The standard InChI is InChI=1S/C26H27N3O4/c1-3-33-26(32)23-22(28-23)25(31)29(20-13-5-4-6-14-20)17(2)24(30)27-16-19-12-9-11-18-10-7-8-15-21(18)19/h4-15,17,22-23,28H,3,16H2,1-2H3,(H,27,30)/t17-,22+,23+/m0/s1. The van der Waals surface area contributed by atoms with Crippen LogP contribution in [0, 0.1) is 0 Å². The monoisotopic (exact) mass is 445 g/mol. The van der Waals surface area contributed by atoms with Gasteiger partial charge in [0.25, 0.3) is 0 Å². The number of nitrogens with one attached hydrogen (secondary N) is 2. The van der Waals surface area contributed by atoms with Crippen LogP contribution in [-0.2, 0) is 25.7 Å². The maximum atomic E-state index is 13.3. The molecule has 1 saturated heterocycles. The Bertz CT molecular complexity index is 1160. The van der Waals surface area contributed by atoms with Crippen molar-refractivity contribution in [1.29, 1.82) is 0 Å². The van der Waals surface area contributed by atoms with Crippen LogP contribution in [0.3, 0.4) is 0 Å². The molecule has 7 nitrogen and oxygen atoms in total. The zero-order valence-corrected chi connectivity index (χ0v) is 18.7. The molecule has 4 rings (SSSR count). The first-order valence-corrected chi connectivity index (χ1v) is 11.1. The van der Waals surface area contributed by atoms with E-state index < -0.39 is 24.1 Å². The molecular formula is C26H27N3O4. The second-order valence-corrected chi connectivity index (χ2v) is 7.95. The molecule has 33 heavy (non-hydrogen) atoms. The fraction of sp³-hybridized carbons (Fsp3) is 0.269. The summed E-state index contributed by atoms with van der Waals surface area (Å²) in [4.78, 5) is 39.9. The minimum Gasteiger partial charge on any atom is -0.465 e. The van der Waals surface area contributed by atoms with Gasteiger partial charge in [-0.3, -0.25) is 24.6 Å². The molecule has 1 aliphatic rings. The summed E-state index contributed by atoms with van der Waals surface area (Å²) in [7, 11) is 0. The lowest BCUT2D eigenvalue weighted by Crippen LogP contribution is -2.50. The molecule has 0 aromatic heterocycles. The van der Waals surface area contributed by atoms with Gasteiger partial charge in [-0.05, 0) is 42.3 Å². The smallest absolute Gasteiger partial charge is 0.325 e. The first kappa shape index (κ1) is 22.5. The van der Waals surface area contributed by atoms with Gasteiger partial charge in [-0.1, -0.05) is 60.7 Å². The van der Waals surface area contributed by atoms with Gasteiger partial charge in [-0.25, -0.2) is 0 Å². The normalized spacial score (nSPS) is 17.8. The molecule has 0 radical (unpaired) electrons. The van der Waals surface area contributed by atoms with Crippen molar-refractivity contribution in [3.63, 3.8) is 0 Å². The van der Waals surface area contributed by atoms with Gasteiger partial charge in [0.2, 0.25) is 11.8 Å². The summed E-state index contributed by atoms with van der Waals surface area (Å²) >= 11 is 0. The first-order chi connectivity index (χ1) is 16.0. The molecule has 7 heteroatoms. The quantitative estimate of drug-likeness (QED) is 0.411.